The van der Waals surface area contributed by atoms with Crippen LogP contribution < -0.4 is 5.32 Å². The minimum absolute atomic E-state index is 0. The molecular weight excluding hydrogens is 194 g/mol. The summed E-state index contributed by atoms with van der Waals surface area (Å²) in [7, 11) is 1.44. The van der Waals surface area contributed by atoms with Gasteiger partial charge in [-0.15, -0.1) is 12.4 Å². The molecule has 2 rings (SSSR count). The van der Waals surface area contributed by atoms with E-state index in [0.29, 0.717) is 25.7 Å². The molecule has 0 unspecified atom stereocenters. The molecule has 2 heterocycles. The van der Waals surface area contributed by atoms with Crippen LogP contribution >= 0.6 is 12.4 Å². The summed E-state index contributed by atoms with van der Waals surface area (Å²) in [5.74, 6) is 0.181. The summed E-state index contributed by atoms with van der Waals surface area (Å²) in [6.07, 6.45) is 0. The monoisotopic (exact) mass is 207 g/mol. The first-order chi connectivity index (χ1) is 5.79. The van der Waals surface area contributed by atoms with E-state index >= 15 is 0 Å². The summed E-state index contributed by atoms with van der Waals surface area (Å²) in [4.78, 5) is 11.5. The van der Waals surface area contributed by atoms with Gasteiger partial charge in [0.2, 0.25) is 0 Å². The Bertz CT molecular complexity index is 200. The molecule has 0 saturated carbocycles. The molecule has 0 bridgehead atoms. The topological polar surface area (TPSA) is 47.6 Å². The van der Waals surface area contributed by atoms with Gasteiger partial charge in [0.05, 0.1) is 20.3 Å². The van der Waals surface area contributed by atoms with E-state index in [-0.39, 0.29) is 23.8 Å². The second kappa shape index (κ2) is 3.82. The summed E-state index contributed by atoms with van der Waals surface area (Å²) in [6, 6.07) is 0. The van der Waals surface area contributed by atoms with Crippen LogP contribution in [-0.2, 0) is 14.3 Å². The standard InChI is InChI=1S/C8H13NO3.ClH/c1-11-7(10)8-4-9-2-6(8)3-12-5-8;/h6,9H,2-5H2,1H3;1H/t6-,8-;/m1./s1. The van der Waals surface area contributed by atoms with E-state index in [9.17, 15) is 4.79 Å². The van der Waals surface area contributed by atoms with Crippen molar-refractivity contribution in [2.45, 2.75) is 0 Å². The maximum Gasteiger partial charge on any atom is 0.315 e. The van der Waals surface area contributed by atoms with Crippen molar-refractivity contribution in [3.63, 3.8) is 0 Å². The first-order valence-corrected chi connectivity index (χ1v) is 4.16. The molecule has 76 valence electrons. The van der Waals surface area contributed by atoms with Gasteiger partial charge in [0.15, 0.2) is 0 Å². The first kappa shape index (κ1) is 10.8. The highest BCUT2D eigenvalue weighted by Crippen LogP contribution is 2.38. The number of rotatable bonds is 1. The Morgan fingerprint density at radius 1 is 1.69 bits per heavy atom. The van der Waals surface area contributed by atoms with Gasteiger partial charge in [0, 0.05) is 19.0 Å². The molecule has 0 aromatic heterocycles. The largest absolute Gasteiger partial charge is 0.468 e. The molecule has 0 amide bonds. The lowest BCUT2D eigenvalue weighted by molar-refractivity contribution is -0.152. The third-order valence-electron chi connectivity index (χ3n) is 2.88. The summed E-state index contributed by atoms with van der Waals surface area (Å²) in [5.41, 5.74) is -0.380. The molecule has 4 nitrogen and oxygen atoms in total. The number of ether oxygens (including phenoxy) is 2. The van der Waals surface area contributed by atoms with Gasteiger partial charge in [-0.3, -0.25) is 4.79 Å². The molecule has 2 saturated heterocycles. The molecule has 0 aliphatic carbocycles. The molecule has 5 heteroatoms. The second-order valence-electron chi connectivity index (χ2n) is 3.49. The molecular formula is C8H14ClNO3. The van der Waals surface area contributed by atoms with Gasteiger partial charge in [-0.2, -0.15) is 0 Å². The number of fused-ring (bicyclic) bond motifs is 1. The average Bonchev–Trinajstić information content (AvgIpc) is 2.60. The summed E-state index contributed by atoms with van der Waals surface area (Å²) >= 11 is 0. The number of hydrogen-bond donors (Lipinski definition) is 1. The Morgan fingerprint density at radius 3 is 3.15 bits per heavy atom. The van der Waals surface area contributed by atoms with Crippen LogP contribution in [0, 0.1) is 11.3 Å². The number of hydrogen-bond acceptors (Lipinski definition) is 4. The third-order valence-corrected chi connectivity index (χ3v) is 2.88. The maximum absolute atomic E-state index is 11.5. The van der Waals surface area contributed by atoms with Gasteiger partial charge >= 0.3 is 5.97 Å². The molecule has 2 fully saturated rings. The minimum atomic E-state index is -0.380. The fraction of sp³-hybridized carbons (Fsp3) is 0.875. The van der Waals surface area contributed by atoms with Crippen molar-refractivity contribution in [2.75, 3.05) is 33.4 Å². The maximum atomic E-state index is 11.5. The average molecular weight is 208 g/mol. The van der Waals surface area contributed by atoms with Crippen molar-refractivity contribution in [1.29, 1.82) is 0 Å². The molecule has 2 atom stereocenters. The van der Waals surface area contributed by atoms with E-state index in [1.807, 2.05) is 0 Å². The van der Waals surface area contributed by atoms with Gasteiger partial charge in [0.25, 0.3) is 0 Å². The highest BCUT2D eigenvalue weighted by atomic mass is 35.5. The van der Waals surface area contributed by atoms with Crippen LogP contribution in [0.1, 0.15) is 0 Å². The van der Waals surface area contributed by atoms with Crippen LogP contribution in [0.25, 0.3) is 0 Å². The predicted octanol–water partition coefficient (Wildman–Crippen LogP) is -0.183. The van der Waals surface area contributed by atoms with Crippen molar-refractivity contribution in [3.8, 4) is 0 Å². The quantitative estimate of drug-likeness (QED) is 0.606. The Kier molecular flexibility index (Phi) is 3.16. The smallest absolute Gasteiger partial charge is 0.315 e. The van der Waals surface area contributed by atoms with Crippen molar-refractivity contribution < 1.29 is 14.3 Å². The predicted molar refractivity (Wildman–Crippen MR) is 48.9 cm³/mol. The zero-order valence-corrected chi connectivity index (χ0v) is 8.36. The van der Waals surface area contributed by atoms with E-state index in [0.717, 1.165) is 6.54 Å². The van der Waals surface area contributed by atoms with Crippen molar-refractivity contribution in [3.05, 3.63) is 0 Å². The van der Waals surface area contributed by atoms with Crippen LogP contribution in [0.3, 0.4) is 0 Å². The lowest BCUT2D eigenvalue weighted by Gasteiger charge is -2.22. The number of nitrogens with one attached hydrogen (secondary N) is 1. The molecule has 0 radical (unpaired) electrons. The first-order valence-electron chi connectivity index (χ1n) is 4.16. The van der Waals surface area contributed by atoms with Gasteiger partial charge in [-0.1, -0.05) is 0 Å². The Labute approximate surface area is 83.4 Å². The number of carbonyl (C=O) groups is 1. The van der Waals surface area contributed by atoms with Crippen molar-refractivity contribution in [1.82, 2.24) is 5.32 Å². The molecule has 0 spiro atoms. The van der Waals surface area contributed by atoms with Crippen molar-refractivity contribution in [2.24, 2.45) is 11.3 Å². The lowest BCUT2D eigenvalue weighted by atomic mass is 9.81. The second-order valence-corrected chi connectivity index (χ2v) is 3.49. The molecule has 0 aromatic carbocycles. The van der Waals surface area contributed by atoms with Gasteiger partial charge in [-0.05, 0) is 0 Å². The van der Waals surface area contributed by atoms with Crippen LogP contribution in [0.5, 0.6) is 0 Å². The van der Waals surface area contributed by atoms with Crippen molar-refractivity contribution >= 4 is 18.4 Å². The van der Waals surface area contributed by atoms with Crippen LogP contribution in [0.2, 0.25) is 0 Å². The highest BCUT2D eigenvalue weighted by molar-refractivity contribution is 5.85. The summed E-state index contributed by atoms with van der Waals surface area (Å²) in [5, 5.41) is 3.20. The van der Waals surface area contributed by atoms with E-state index in [1.54, 1.807) is 0 Å². The molecule has 13 heavy (non-hydrogen) atoms. The summed E-state index contributed by atoms with van der Waals surface area (Å²) < 4.78 is 10.1. The Morgan fingerprint density at radius 2 is 2.46 bits per heavy atom. The van der Waals surface area contributed by atoms with E-state index < -0.39 is 0 Å². The van der Waals surface area contributed by atoms with Crippen LogP contribution in [0.15, 0.2) is 0 Å². The van der Waals surface area contributed by atoms with Gasteiger partial charge < -0.3 is 14.8 Å². The normalized spacial score (nSPS) is 36.5. The fourth-order valence-electron chi connectivity index (χ4n) is 2.08. The highest BCUT2D eigenvalue weighted by Gasteiger charge is 2.54. The van der Waals surface area contributed by atoms with E-state index in [4.69, 9.17) is 9.47 Å². The zero-order valence-electron chi connectivity index (χ0n) is 7.54. The number of methoxy groups -OCH3 is 1. The molecule has 2 aliphatic heterocycles. The molecule has 1 N–H and O–H groups in total. The number of carbonyl (C=O) groups excluding carboxylic acids is 1. The van der Waals surface area contributed by atoms with E-state index in [1.165, 1.54) is 7.11 Å². The Hall–Kier alpha value is -0.320. The lowest BCUT2D eigenvalue weighted by Crippen LogP contribution is -2.39. The van der Waals surface area contributed by atoms with Gasteiger partial charge in [0.1, 0.15) is 5.41 Å². The van der Waals surface area contributed by atoms with Crippen LogP contribution in [-0.4, -0.2) is 39.4 Å². The van der Waals surface area contributed by atoms with Gasteiger partial charge in [-0.25, -0.2) is 0 Å². The third kappa shape index (κ3) is 1.43. The van der Waals surface area contributed by atoms with E-state index in [2.05, 4.69) is 5.32 Å². The molecule has 2 aliphatic rings. The van der Waals surface area contributed by atoms with Crippen LogP contribution in [0.4, 0.5) is 0 Å². The zero-order chi connectivity index (χ0) is 8.60. The number of esters is 1. The SMILES string of the molecule is COC(=O)[C@@]12CNC[C@@H]1COC2.Cl. The Balaban J connectivity index is 0.000000845. The summed E-state index contributed by atoms with van der Waals surface area (Å²) in [6.45, 7) is 2.76. The minimum Gasteiger partial charge on any atom is -0.468 e. The molecule has 0 aromatic rings. The fourth-order valence-corrected chi connectivity index (χ4v) is 2.08. The number of halogens is 1.